The zero-order valence-corrected chi connectivity index (χ0v) is 24.4. The number of nitrogens with two attached hydrogens (primary N) is 5. The molecule has 0 amide bonds. The van der Waals surface area contributed by atoms with Crippen molar-refractivity contribution in [3.05, 3.63) is 65.7 Å². The number of benzene rings is 2. The maximum absolute atomic E-state index is 11.5. The predicted molar refractivity (Wildman–Crippen MR) is 161 cm³/mol. The fourth-order valence-corrected chi connectivity index (χ4v) is 2.87. The van der Waals surface area contributed by atoms with Gasteiger partial charge in [-0.15, -0.1) is 0 Å². The first kappa shape index (κ1) is 38.5. The Morgan fingerprint density at radius 3 is 1.55 bits per heavy atom. The summed E-state index contributed by atoms with van der Waals surface area (Å²) in [5.74, 6) is -3.50. The number of hydrogen-bond acceptors (Lipinski definition) is 14. The van der Waals surface area contributed by atoms with E-state index < -0.39 is 54.0 Å². The smallest absolute Gasteiger partial charge is 0.331 e. The molecule has 14 nitrogen and oxygen atoms in total. The van der Waals surface area contributed by atoms with E-state index in [4.69, 9.17) is 43.6 Å². The molecular weight excluding hydrogens is 590 g/mol. The van der Waals surface area contributed by atoms with E-state index in [1.54, 1.807) is 24.3 Å². The second kappa shape index (κ2) is 21.2. The van der Waals surface area contributed by atoms with Crippen LogP contribution in [0.15, 0.2) is 54.6 Å². The molecule has 2 aromatic rings. The number of ether oxygens (including phenoxy) is 2. The predicted octanol–water partition coefficient (Wildman–Crippen LogP) is -1.28. The minimum atomic E-state index is -1.05. The van der Waals surface area contributed by atoms with Gasteiger partial charge in [-0.05, 0) is 36.1 Å². The fourth-order valence-electron chi connectivity index (χ4n) is 2.56. The highest BCUT2D eigenvalue weighted by Crippen LogP contribution is 2.13. The lowest BCUT2D eigenvalue weighted by Gasteiger charge is -2.12. The van der Waals surface area contributed by atoms with Gasteiger partial charge in [-0.1, -0.05) is 42.5 Å². The molecule has 0 aromatic heterocycles. The zero-order chi connectivity index (χ0) is 32.2. The molecule has 2 rings (SSSR count). The Bertz CT molecular complexity index is 1140. The molecule has 0 fully saturated rings. The van der Waals surface area contributed by atoms with Crippen LogP contribution >= 0.6 is 25.3 Å². The third-order valence-corrected chi connectivity index (χ3v) is 5.70. The van der Waals surface area contributed by atoms with Crippen LogP contribution in [0.1, 0.15) is 11.1 Å². The normalized spacial score (nSPS) is 12.9. The molecule has 42 heavy (non-hydrogen) atoms. The van der Waals surface area contributed by atoms with Gasteiger partial charge in [-0.3, -0.25) is 14.4 Å². The second-order valence-electron chi connectivity index (χ2n) is 8.42. The van der Waals surface area contributed by atoms with Crippen molar-refractivity contribution in [2.24, 2.45) is 28.7 Å². The summed E-state index contributed by atoms with van der Waals surface area (Å²) in [6, 6.07) is 12.1. The molecule has 0 heterocycles. The number of carbonyl (C=O) groups is 5. The summed E-state index contributed by atoms with van der Waals surface area (Å²) in [4.78, 5) is 54.0. The molecule has 0 unspecified atom stereocenters. The van der Waals surface area contributed by atoms with Gasteiger partial charge in [0, 0.05) is 11.5 Å². The molecule has 16 heteroatoms. The second-order valence-corrected chi connectivity index (χ2v) is 9.15. The van der Waals surface area contributed by atoms with Crippen LogP contribution in [0.25, 0.3) is 0 Å². The largest absolute Gasteiger partial charge is 0.480 e. The average Bonchev–Trinajstić information content (AvgIpc) is 2.98. The van der Waals surface area contributed by atoms with E-state index in [1.807, 2.05) is 30.3 Å². The van der Waals surface area contributed by atoms with E-state index in [-0.39, 0.29) is 24.5 Å². The van der Waals surface area contributed by atoms with Crippen LogP contribution in [0.5, 0.6) is 5.75 Å². The first-order chi connectivity index (χ1) is 19.7. The van der Waals surface area contributed by atoms with Gasteiger partial charge in [0.15, 0.2) is 0 Å². The highest BCUT2D eigenvalue weighted by atomic mass is 32.1. The molecule has 0 bridgehead atoms. The number of carbonyl (C=O) groups excluding carboxylic acids is 3. The summed E-state index contributed by atoms with van der Waals surface area (Å²) in [6.45, 7) is -0.189. The van der Waals surface area contributed by atoms with Crippen molar-refractivity contribution in [3.63, 3.8) is 0 Å². The monoisotopic (exact) mass is 627 g/mol. The van der Waals surface area contributed by atoms with Gasteiger partial charge in [-0.2, -0.15) is 25.3 Å². The number of hydrogen-bond donors (Lipinski definition) is 9. The SMILES string of the molecule is NCC(=O)Oc1ccc(C[C@H](N)C(=O)O)cc1.N[C@@H](CS)C(=O)O.N[C@@H](CS)C(=O)OC(=O)[C@@H](N)Cc1ccccc1. The molecule has 0 saturated carbocycles. The van der Waals surface area contributed by atoms with Crippen LogP contribution in [-0.2, 0) is 41.6 Å². The van der Waals surface area contributed by atoms with E-state index in [1.165, 1.54) is 0 Å². The molecule has 0 radical (unpaired) electrons. The topological polar surface area (TPSA) is 274 Å². The van der Waals surface area contributed by atoms with Crippen molar-refractivity contribution in [2.45, 2.75) is 37.0 Å². The van der Waals surface area contributed by atoms with E-state index in [2.05, 4.69) is 30.0 Å². The number of esters is 3. The van der Waals surface area contributed by atoms with Gasteiger partial charge in [0.05, 0.1) is 6.54 Å². The molecular formula is C26H37N5O9S2. The van der Waals surface area contributed by atoms with Crippen LogP contribution in [-0.4, -0.2) is 82.3 Å². The van der Waals surface area contributed by atoms with E-state index in [9.17, 15) is 24.0 Å². The van der Waals surface area contributed by atoms with Crippen molar-refractivity contribution in [3.8, 4) is 5.75 Å². The molecule has 0 spiro atoms. The van der Waals surface area contributed by atoms with Crippen molar-refractivity contribution < 1.29 is 43.7 Å². The van der Waals surface area contributed by atoms with E-state index in [0.717, 1.165) is 11.1 Å². The van der Waals surface area contributed by atoms with Crippen molar-refractivity contribution in [1.82, 2.24) is 0 Å². The number of rotatable bonds is 12. The van der Waals surface area contributed by atoms with Crippen LogP contribution in [0.2, 0.25) is 0 Å². The highest BCUT2D eigenvalue weighted by molar-refractivity contribution is 7.80. The summed E-state index contributed by atoms with van der Waals surface area (Å²) in [5, 5.41) is 16.6. The number of carboxylic acids is 2. The lowest BCUT2D eigenvalue weighted by molar-refractivity contribution is -0.161. The maximum atomic E-state index is 11.5. The molecule has 12 N–H and O–H groups in total. The Morgan fingerprint density at radius 1 is 0.667 bits per heavy atom. The minimum absolute atomic E-state index is 0.111. The first-order valence-corrected chi connectivity index (χ1v) is 13.5. The number of thiol groups is 2. The van der Waals surface area contributed by atoms with E-state index in [0.29, 0.717) is 12.2 Å². The average molecular weight is 628 g/mol. The van der Waals surface area contributed by atoms with Gasteiger partial charge in [0.25, 0.3) is 0 Å². The third kappa shape index (κ3) is 16.7. The summed E-state index contributed by atoms with van der Waals surface area (Å²) in [6.07, 6.45) is 0.531. The summed E-state index contributed by atoms with van der Waals surface area (Å²) >= 11 is 7.49. The molecule has 0 saturated heterocycles. The molecule has 0 aliphatic heterocycles. The summed E-state index contributed by atoms with van der Waals surface area (Å²) in [7, 11) is 0. The van der Waals surface area contributed by atoms with Gasteiger partial charge in [0.1, 0.15) is 29.9 Å². The molecule has 4 atom stereocenters. The molecule has 0 aliphatic carbocycles. The Balaban J connectivity index is 0.000000657. The van der Waals surface area contributed by atoms with Crippen LogP contribution in [0.4, 0.5) is 0 Å². The third-order valence-electron chi connectivity index (χ3n) is 4.91. The Hall–Kier alpha value is -3.51. The summed E-state index contributed by atoms with van der Waals surface area (Å²) < 4.78 is 9.42. The first-order valence-electron chi connectivity index (χ1n) is 12.2. The highest BCUT2D eigenvalue weighted by Gasteiger charge is 2.22. The molecule has 2 aromatic carbocycles. The van der Waals surface area contributed by atoms with Gasteiger partial charge >= 0.3 is 29.8 Å². The van der Waals surface area contributed by atoms with Crippen LogP contribution in [0.3, 0.4) is 0 Å². The quantitative estimate of drug-likeness (QED) is 0.0574. The lowest BCUT2D eigenvalue weighted by Crippen LogP contribution is -2.41. The van der Waals surface area contributed by atoms with Crippen molar-refractivity contribution in [1.29, 1.82) is 0 Å². The van der Waals surface area contributed by atoms with Crippen molar-refractivity contribution >= 4 is 55.1 Å². The van der Waals surface area contributed by atoms with Gasteiger partial charge in [-0.25, -0.2) is 9.59 Å². The van der Waals surface area contributed by atoms with Gasteiger partial charge < -0.3 is 48.4 Å². The van der Waals surface area contributed by atoms with Crippen molar-refractivity contribution in [2.75, 3.05) is 18.1 Å². The number of aliphatic carboxylic acids is 2. The Kier molecular flexibility index (Phi) is 19.5. The summed E-state index contributed by atoms with van der Waals surface area (Å²) in [5.41, 5.74) is 28.1. The zero-order valence-electron chi connectivity index (χ0n) is 22.6. The standard InChI is InChI=1S/C12H16N2O3S.C11H14N2O4.C3H7NO2S/c13-9(6-8-4-2-1-3-5-8)11(15)17-12(16)10(14)7-18;12-6-10(14)17-8-3-1-7(2-4-8)5-9(13)11(15)16;4-2(1-7)3(5)6/h1-5,9-10,18H,6-7,13-14H2;1-4,9H,5-6,12-13H2,(H,15,16);2,7H,1,4H2,(H,5,6)/t9-,10-;9-;2-/m000/s1. The van der Waals surface area contributed by atoms with E-state index >= 15 is 0 Å². The Labute approximate surface area is 253 Å². The number of carboxylic acid groups (broad SMARTS) is 2. The van der Waals surface area contributed by atoms with Crippen LogP contribution < -0.4 is 33.4 Å². The molecule has 232 valence electrons. The molecule has 0 aliphatic rings. The maximum Gasteiger partial charge on any atom is 0.331 e. The van der Waals surface area contributed by atoms with Crippen LogP contribution in [0, 0.1) is 0 Å². The lowest BCUT2D eigenvalue weighted by atomic mass is 10.1. The van der Waals surface area contributed by atoms with Gasteiger partial charge in [0.2, 0.25) is 0 Å². The minimum Gasteiger partial charge on any atom is -0.480 e. The Morgan fingerprint density at radius 2 is 1.12 bits per heavy atom. The fraction of sp³-hybridized carbons (Fsp3) is 0.346.